The number of carbonyl (C=O) groups is 1. The van der Waals surface area contributed by atoms with Crippen molar-refractivity contribution < 1.29 is 4.79 Å². The van der Waals surface area contributed by atoms with Crippen molar-refractivity contribution in [3.63, 3.8) is 0 Å². The normalized spacial score (nSPS) is 26.0. The van der Waals surface area contributed by atoms with Crippen LogP contribution in [-0.4, -0.2) is 5.78 Å². The molecule has 2 rings (SSSR count). The zero-order valence-electron chi connectivity index (χ0n) is 11.6. The topological polar surface area (TPSA) is 17.1 Å². The number of hydrogen-bond acceptors (Lipinski definition) is 1. The molecule has 98 valence electrons. The summed E-state index contributed by atoms with van der Waals surface area (Å²) in [6, 6.07) is 10.5. The number of hydrogen-bond donors (Lipinski definition) is 0. The summed E-state index contributed by atoms with van der Waals surface area (Å²) < 4.78 is 0. The Morgan fingerprint density at radius 2 is 1.94 bits per heavy atom. The third kappa shape index (κ3) is 3.22. The van der Waals surface area contributed by atoms with Crippen molar-refractivity contribution in [1.82, 2.24) is 0 Å². The maximum atomic E-state index is 12.2. The van der Waals surface area contributed by atoms with E-state index in [0.29, 0.717) is 23.5 Å². The molecular weight excluding hydrogens is 220 g/mol. The van der Waals surface area contributed by atoms with Crippen LogP contribution in [0.25, 0.3) is 0 Å². The van der Waals surface area contributed by atoms with Gasteiger partial charge in [-0.05, 0) is 36.7 Å². The maximum Gasteiger partial charge on any atom is 0.136 e. The molecule has 18 heavy (non-hydrogen) atoms. The van der Waals surface area contributed by atoms with E-state index in [2.05, 4.69) is 38.1 Å². The lowest BCUT2D eigenvalue weighted by Crippen LogP contribution is -2.25. The molecule has 3 unspecified atom stereocenters. The van der Waals surface area contributed by atoms with E-state index in [4.69, 9.17) is 0 Å². The number of ketones is 1. The fraction of sp³-hybridized carbons (Fsp3) is 0.588. The minimum Gasteiger partial charge on any atom is -0.299 e. The third-order valence-corrected chi connectivity index (χ3v) is 4.42. The second-order valence-corrected chi connectivity index (χ2v) is 5.80. The average molecular weight is 244 g/mol. The van der Waals surface area contributed by atoms with Crippen LogP contribution in [0.4, 0.5) is 0 Å². The highest BCUT2D eigenvalue weighted by Gasteiger charge is 2.29. The second kappa shape index (κ2) is 6.17. The van der Waals surface area contributed by atoms with Gasteiger partial charge in [0.25, 0.3) is 0 Å². The summed E-state index contributed by atoms with van der Waals surface area (Å²) in [6.07, 6.45) is 5.30. The molecule has 0 spiro atoms. The Kier molecular flexibility index (Phi) is 4.57. The second-order valence-electron chi connectivity index (χ2n) is 5.80. The van der Waals surface area contributed by atoms with Gasteiger partial charge in [0.15, 0.2) is 0 Å². The summed E-state index contributed by atoms with van der Waals surface area (Å²) >= 11 is 0. The first-order valence-corrected chi connectivity index (χ1v) is 7.28. The highest BCUT2D eigenvalue weighted by Crippen LogP contribution is 2.36. The lowest BCUT2D eigenvalue weighted by molar-refractivity contribution is -0.125. The molecule has 0 aliphatic heterocycles. The van der Waals surface area contributed by atoms with Gasteiger partial charge in [0.05, 0.1) is 0 Å². The molecule has 1 aromatic rings. The van der Waals surface area contributed by atoms with E-state index in [0.717, 1.165) is 19.3 Å². The third-order valence-electron chi connectivity index (χ3n) is 4.42. The minimum absolute atomic E-state index is 0.333. The average Bonchev–Trinajstić information content (AvgIpc) is 2.42. The van der Waals surface area contributed by atoms with E-state index in [1.54, 1.807) is 0 Å². The highest BCUT2D eigenvalue weighted by atomic mass is 16.1. The molecule has 1 nitrogen and oxygen atoms in total. The minimum atomic E-state index is 0.333. The summed E-state index contributed by atoms with van der Waals surface area (Å²) in [5.74, 6) is 1.98. The van der Waals surface area contributed by atoms with Gasteiger partial charge in [0.2, 0.25) is 0 Å². The lowest BCUT2D eigenvalue weighted by Gasteiger charge is -2.29. The Hall–Kier alpha value is -1.11. The van der Waals surface area contributed by atoms with E-state index >= 15 is 0 Å². The van der Waals surface area contributed by atoms with E-state index in [-0.39, 0.29) is 0 Å². The summed E-state index contributed by atoms with van der Waals surface area (Å²) in [4.78, 5) is 12.2. The van der Waals surface area contributed by atoms with Gasteiger partial charge in [-0.25, -0.2) is 0 Å². The smallest absolute Gasteiger partial charge is 0.136 e. The molecule has 0 N–H and O–H groups in total. The predicted molar refractivity (Wildman–Crippen MR) is 75.6 cm³/mol. The molecule has 0 amide bonds. The molecular formula is C17H24O. The van der Waals surface area contributed by atoms with Crippen molar-refractivity contribution in [3.05, 3.63) is 35.9 Å². The lowest BCUT2D eigenvalue weighted by atomic mass is 9.75. The van der Waals surface area contributed by atoms with E-state index in [9.17, 15) is 4.79 Å². The summed E-state index contributed by atoms with van der Waals surface area (Å²) in [6.45, 7) is 4.47. The van der Waals surface area contributed by atoms with Gasteiger partial charge in [-0.2, -0.15) is 0 Å². The fourth-order valence-electron chi connectivity index (χ4n) is 2.99. The Labute approximate surface area is 111 Å². The summed E-state index contributed by atoms with van der Waals surface area (Å²) in [7, 11) is 0. The van der Waals surface area contributed by atoms with Crippen molar-refractivity contribution in [1.29, 1.82) is 0 Å². The molecule has 0 heterocycles. The number of rotatable bonds is 4. The van der Waals surface area contributed by atoms with E-state index in [1.165, 1.54) is 18.4 Å². The van der Waals surface area contributed by atoms with Crippen molar-refractivity contribution in [3.8, 4) is 0 Å². The SMILES string of the molecule is CCC(C)CC1CCC(c2ccccc2)CC1=O. The first kappa shape index (κ1) is 13.3. The van der Waals surface area contributed by atoms with Crippen LogP contribution < -0.4 is 0 Å². The molecule has 0 radical (unpaired) electrons. The summed E-state index contributed by atoms with van der Waals surface area (Å²) in [5, 5.41) is 0. The van der Waals surface area contributed by atoms with Crippen LogP contribution in [-0.2, 0) is 4.79 Å². The van der Waals surface area contributed by atoms with Crippen LogP contribution in [0.1, 0.15) is 57.4 Å². The Bertz CT molecular complexity index is 382. The number of benzene rings is 1. The van der Waals surface area contributed by atoms with Gasteiger partial charge in [-0.3, -0.25) is 4.79 Å². The first-order chi connectivity index (χ1) is 8.70. The molecule has 1 heteroatoms. The zero-order chi connectivity index (χ0) is 13.0. The molecule has 1 aromatic carbocycles. The van der Waals surface area contributed by atoms with Crippen molar-refractivity contribution in [2.24, 2.45) is 11.8 Å². The Balaban J connectivity index is 1.94. The molecule has 1 fully saturated rings. The van der Waals surface area contributed by atoms with E-state index in [1.807, 2.05) is 6.07 Å². The van der Waals surface area contributed by atoms with Gasteiger partial charge in [-0.15, -0.1) is 0 Å². The van der Waals surface area contributed by atoms with Gasteiger partial charge in [0.1, 0.15) is 5.78 Å². The van der Waals surface area contributed by atoms with Crippen LogP contribution in [0.5, 0.6) is 0 Å². The van der Waals surface area contributed by atoms with Gasteiger partial charge in [-0.1, -0.05) is 50.6 Å². The Morgan fingerprint density at radius 1 is 1.22 bits per heavy atom. The number of Topliss-reactive ketones (excluding diaryl/α,β-unsaturated/α-hetero) is 1. The molecule has 0 bridgehead atoms. The van der Waals surface area contributed by atoms with Crippen LogP contribution in [0.2, 0.25) is 0 Å². The van der Waals surface area contributed by atoms with Gasteiger partial charge in [0, 0.05) is 12.3 Å². The van der Waals surface area contributed by atoms with Gasteiger partial charge >= 0.3 is 0 Å². The molecule has 0 saturated heterocycles. The molecule has 3 atom stereocenters. The fourth-order valence-corrected chi connectivity index (χ4v) is 2.99. The van der Waals surface area contributed by atoms with Crippen LogP contribution in [0.3, 0.4) is 0 Å². The van der Waals surface area contributed by atoms with E-state index < -0.39 is 0 Å². The van der Waals surface area contributed by atoms with Gasteiger partial charge < -0.3 is 0 Å². The Morgan fingerprint density at radius 3 is 2.56 bits per heavy atom. The molecule has 1 saturated carbocycles. The highest BCUT2D eigenvalue weighted by molar-refractivity contribution is 5.82. The maximum absolute atomic E-state index is 12.2. The van der Waals surface area contributed by atoms with Crippen LogP contribution in [0.15, 0.2) is 30.3 Å². The monoisotopic (exact) mass is 244 g/mol. The largest absolute Gasteiger partial charge is 0.299 e. The predicted octanol–water partition coefficient (Wildman–Crippen LogP) is 4.58. The van der Waals surface area contributed by atoms with Crippen molar-refractivity contribution >= 4 is 5.78 Å². The van der Waals surface area contributed by atoms with Crippen LogP contribution >= 0.6 is 0 Å². The summed E-state index contributed by atoms with van der Waals surface area (Å²) in [5.41, 5.74) is 1.34. The standard InChI is InChI=1S/C17H24O/c1-3-13(2)11-16-10-9-15(12-17(16)18)14-7-5-4-6-8-14/h4-8,13,15-16H,3,9-12H2,1-2H3. The van der Waals surface area contributed by atoms with Crippen molar-refractivity contribution in [2.45, 2.75) is 51.9 Å². The van der Waals surface area contributed by atoms with Crippen molar-refractivity contribution in [2.75, 3.05) is 0 Å². The van der Waals surface area contributed by atoms with Crippen LogP contribution in [0, 0.1) is 11.8 Å². The molecule has 1 aliphatic carbocycles. The quantitative estimate of drug-likeness (QED) is 0.758. The molecule has 1 aliphatic rings. The zero-order valence-corrected chi connectivity index (χ0v) is 11.6. The first-order valence-electron chi connectivity index (χ1n) is 7.28. The number of carbonyl (C=O) groups excluding carboxylic acids is 1. The molecule has 0 aromatic heterocycles.